The molecule has 1 spiro atoms. The number of benzene rings is 4. The zero-order valence-electron chi connectivity index (χ0n) is 20.8. The number of carbonyl (C=O) groups is 3. The Morgan fingerprint density at radius 3 is 2.23 bits per heavy atom. The monoisotopic (exact) mass is 514 g/mol. The van der Waals surface area contributed by atoms with Crippen LogP contribution in [0.2, 0.25) is 0 Å². The molecule has 1 fully saturated rings. The van der Waals surface area contributed by atoms with E-state index in [0.717, 1.165) is 11.3 Å². The first-order valence-electron chi connectivity index (χ1n) is 12.9. The molecule has 7 rings (SSSR count). The molecule has 3 aliphatic rings. The van der Waals surface area contributed by atoms with E-state index in [0.29, 0.717) is 16.8 Å². The number of fused-ring (bicyclic) bond motifs is 6. The van der Waals surface area contributed by atoms with Gasteiger partial charge in [-0.05, 0) is 47.5 Å². The van der Waals surface area contributed by atoms with E-state index in [1.165, 1.54) is 24.3 Å². The highest BCUT2D eigenvalue weighted by molar-refractivity contribution is 6.18. The Labute approximate surface area is 224 Å². The molecule has 4 atom stereocenters. The molecule has 0 aromatic heterocycles. The van der Waals surface area contributed by atoms with Gasteiger partial charge in [-0.15, -0.1) is 0 Å². The molecule has 0 saturated carbocycles. The Hall–Kier alpha value is -4.84. The summed E-state index contributed by atoms with van der Waals surface area (Å²) in [6.45, 7) is 0. The summed E-state index contributed by atoms with van der Waals surface area (Å²) in [5.74, 6) is -2.51. The number of hydrogen-bond acceptors (Lipinski definition) is 4. The molecule has 1 amide bonds. The smallest absolute Gasteiger partial charge is 0.238 e. The maximum atomic E-state index is 14.6. The first-order chi connectivity index (χ1) is 19.0. The summed E-state index contributed by atoms with van der Waals surface area (Å²) in [5, 5.41) is 3.01. The van der Waals surface area contributed by atoms with Crippen molar-refractivity contribution in [3.05, 3.63) is 137 Å². The van der Waals surface area contributed by atoms with Gasteiger partial charge in [0.2, 0.25) is 5.91 Å². The number of anilines is 2. The van der Waals surface area contributed by atoms with Crippen molar-refractivity contribution in [1.29, 1.82) is 0 Å². The van der Waals surface area contributed by atoms with Gasteiger partial charge in [-0.25, -0.2) is 4.39 Å². The zero-order valence-corrected chi connectivity index (χ0v) is 20.8. The minimum absolute atomic E-state index is 0.250. The number of halogens is 1. The third kappa shape index (κ3) is 3.21. The van der Waals surface area contributed by atoms with Crippen molar-refractivity contribution < 1.29 is 18.8 Å². The van der Waals surface area contributed by atoms with Gasteiger partial charge < -0.3 is 10.2 Å². The van der Waals surface area contributed by atoms with Crippen LogP contribution in [0.5, 0.6) is 0 Å². The molecular weight excluding hydrogens is 491 g/mol. The summed E-state index contributed by atoms with van der Waals surface area (Å²) in [6, 6.07) is 27.6. The number of nitrogens with one attached hydrogen (secondary N) is 1. The molecule has 1 N–H and O–H groups in total. The molecule has 4 aromatic carbocycles. The van der Waals surface area contributed by atoms with Crippen molar-refractivity contribution in [2.24, 2.45) is 5.92 Å². The molecular formula is C33H23FN2O3. The van der Waals surface area contributed by atoms with Crippen molar-refractivity contribution >= 4 is 34.9 Å². The van der Waals surface area contributed by atoms with Crippen molar-refractivity contribution in [3.63, 3.8) is 0 Å². The third-order valence-corrected chi connectivity index (χ3v) is 8.28. The van der Waals surface area contributed by atoms with Gasteiger partial charge in [0.05, 0.1) is 12.0 Å². The lowest BCUT2D eigenvalue weighted by Crippen LogP contribution is -2.51. The van der Waals surface area contributed by atoms with Crippen molar-refractivity contribution in [2.45, 2.75) is 17.5 Å². The lowest BCUT2D eigenvalue weighted by atomic mass is 9.64. The second-order valence-electron chi connectivity index (χ2n) is 10.2. The molecule has 1 saturated heterocycles. The van der Waals surface area contributed by atoms with E-state index < -0.39 is 29.2 Å². The van der Waals surface area contributed by atoms with Gasteiger partial charge in [0.15, 0.2) is 11.6 Å². The average Bonchev–Trinajstić information content (AvgIpc) is 3.45. The fraction of sp³-hybridized carbons (Fsp3) is 0.121. The fourth-order valence-corrected chi connectivity index (χ4v) is 6.69. The number of rotatable bonds is 4. The van der Waals surface area contributed by atoms with Gasteiger partial charge in [0.25, 0.3) is 0 Å². The number of para-hydroxylation sites is 2. The molecule has 3 aliphatic heterocycles. The predicted octanol–water partition coefficient (Wildman–Crippen LogP) is 5.68. The minimum atomic E-state index is -1.39. The SMILES string of the molecule is O=C(c1ccccc1)C1C(C(=O)c2ccc(F)cc2)C2(C(=O)Nc3ccccc32)C2C=Cc3ccccc3N12. The fourth-order valence-electron chi connectivity index (χ4n) is 6.69. The molecule has 190 valence electrons. The van der Waals surface area contributed by atoms with Crippen LogP contribution in [0.3, 0.4) is 0 Å². The standard InChI is InChI=1S/C33H23FN2O3/c34-23-17-14-22(15-18-23)30(37)28-29(31(38)21-9-2-1-3-10-21)36-26-13-7-4-8-20(26)16-19-27(36)33(28)24-11-5-6-12-25(24)35-32(33)39/h1-19,27-29H,(H,35,39). The van der Waals surface area contributed by atoms with Gasteiger partial charge in [-0.2, -0.15) is 0 Å². The molecule has 4 aromatic rings. The summed E-state index contributed by atoms with van der Waals surface area (Å²) in [6.07, 6.45) is 3.90. The van der Waals surface area contributed by atoms with E-state index in [4.69, 9.17) is 0 Å². The van der Waals surface area contributed by atoms with Crippen LogP contribution < -0.4 is 10.2 Å². The Morgan fingerprint density at radius 1 is 0.769 bits per heavy atom. The molecule has 5 nitrogen and oxygen atoms in total. The van der Waals surface area contributed by atoms with E-state index in [1.807, 2.05) is 71.6 Å². The van der Waals surface area contributed by atoms with E-state index in [-0.39, 0.29) is 23.0 Å². The van der Waals surface area contributed by atoms with Crippen molar-refractivity contribution in [2.75, 3.05) is 10.2 Å². The quantitative estimate of drug-likeness (QED) is 0.356. The molecule has 3 heterocycles. The molecule has 0 bridgehead atoms. The van der Waals surface area contributed by atoms with E-state index in [9.17, 15) is 18.8 Å². The van der Waals surface area contributed by atoms with Gasteiger partial charge in [-0.3, -0.25) is 14.4 Å². The Bertz CT molecular complexity index is 1680. The van der Waals surface area contributed by atoms with Crippen LogP contribution in [0.25, 0.3) is 6.08 Å². The first kappa shape index (κ1) is 23.3. The second kappa shape index (κ2) is 8.60. The average molecular weight is 515 g/mol. The van der Waals surface area contributed by atoms with Crippen LogP contribution in [-0.4, -0.2) is 29.6 Å². The lowest BCUT2D eigenvalue weighted by molar-refractivity contribution is -0.121. The molecule has 0 radical (unpaired) electrons. The maximum Gasteiger partial charge on any atom is 0.238 e. The second-order valence-corrected chi connectivity index (χ2v) is 10.2. The van der Waals surface area contributed by atoms with Crippen molar-refractivity contribution in [1.82, 2.24) is 0 Å². The van der Waals surface area contributed by atoms with Gasteiger partial charge in [-0.1, -0.05) is 78.9 Å². The maximum absolute atomic E-state index is 14.6. The van der Waals surface area contributed by atoms with Crippen molar-refractivity contribution in [3.8, 4) is 0 Å². The number of ketones is 2. The lowest BCUT2D eigenvalue weighted by Gasteiger charge is -2.37. The third-order valence-electron chi connectivity index (χ3n) is 8.28. The van der Waals surface area contributed by atoms with E-state index in [1.54, 1.807) is 24.3 Å². The van der Waals surface area contributed by atoms with E-state index in [2.05, 4.69) is 5.32 Å². The molecule has 4 unspecified atom stereocenters. The summed E-state index contributed by atoms with van der Waals surface area (Å²) in [7, 11) is 0. The van der Waals surface area contributed by atoms with E-state index >= 15 is 0 Å². The van der Waals surface area contributed by atoms with Crippen LogP contribution in [0.4, 0.5) is 15.8 Å². The zero-order chi connectivity index (χ0) is 26.7. The Kier molecular flexibility index (Phi) is 5.13. The Morgan fingerprint density at radius 2 is 1.44 bits per heavy atom. The van der Waals surface area contributed by atoms with Gasteiger partial charge in [0.1, 0.15) is 17.3 Å². The molecule has 39 heavy (non-hydrogen) atoms. The van der Waals surface area contributed by atoms with Crippen LogP contribution in [0.15, 0.2) is 109 Å². The van der Waals surface area contributed by atoms with Gasteiger partial charge >= 0.3 is 0 Å². The summed E-state index contributed by atoms with van der Waals surface area (Å²) >= 11 is 0. The topological polar surface area (TPSA) is 66.5 Å². The highest BCUT2D eigenvalue weighted by atomic mass is 19.1. The number of nitrogens with zero attached hydrogens (tertiary/aromatic N) is 1. The largest absolute Gasteiger partial charge is 0.352 e. The number of carbonyl (C=O) groups excluding carboxylic acids is 3. The van der Waals surface area contributed by atoms with Crippen LogP contribution in [-0.2, 0) is 10.2 Å². The van der Waals surface area contributed by atoms with Crippen LogP contribution >= 0.6 is 0 Å². The van der Waals surface area contributed by atoms with Crippen LogP contribution in [0, 0.1) is 11.7 Å². The predicted molar refractivity (Wildman–Crippen MR) is 147 cm³/mol. The number of amides is 1. The molecule has 0 aliphatic carbocycles. The normalized spacial score (nSPS) is 24.2. The Balaban J connectivity index is 1.54. The number of hydrogen-bond donors (Lipinski definition) is 1. The highest BCUT2D eigenvalue weighted by Gasteiger charge is 2.70. The first-order valence-corrected chi connectivity index (χ1v) is 12.9. The van der Waals surface area contributed by atoms with Gasteiger partial charge in [0, 0.05) is 22.5 Å². The summed E-state index contributed by atoms with van der Waals surface area (Å²) < 4.78 is 13.9. The molecule has 6 heteroatoms. The van der Waals surface area contributed by atoms with Crippen LogP contribution in [0.1, 0.15) is 31.8 Å². The highest BCUT2D eigenvalue weighted by Crippen LogP contribution is 2.58. The summed E-state index contributed by atoms with van der Waals surface area (Å²) in [4.78, 5) is 45.2. The number of Topliss-reactive ketones (excluding diaryl/α,β-unsaturated/α-hetero) is 2. The minimum Gasteiger partial charge on any atom is -0.352 e. The summed E-state index contributed by atoms with van der Waals surface area (Å²) in [5.41, 5.74) is 2.30.